The fourth-order valence-corrected chi connectivity index (χ4v) is 4.12. The highest BCUT2D eigenvalue weighted by atomic mass is 14.8. The number of aryl methyl sites for hydroxylation is 2. The van der Waals surface area contributed by atoms with E-state index in [9.17, 15) is 0 Å². The predicted molar refractivity (Wildman–Crippen MR) is 142 cm³/mol. The lowest BCUT2D eigenvalue weighted by Crippen LogP contribution is -1.91. The van der Waals surface area contributed by atoms with E-state index in [0.29, 0.717) is 0 Å². The number of nitrogens with zero attached hydrogens (tertiary/aromatic N) is 3. The third-order valence-electron chi connectivity index (χ3n) is 5.82. The van der Waals surface area contributed by atoms with Crippen LogP contribution < -0.4 is 0 Å². The summed E-state index contributed by atoms with van der Waals surface area (Å²) in [5.74, 6) is 0. The van der Waals surface area contributed by atoms with Gasteiger partial charge in [0.15, 0.2) is 0 Å². The zero-order valence-electron chi connectivity index (χ0n) is 19.3. The van der Waals surface area contributed by atoms with Gasteiger partial charge in [-0.25, -0.2) is 9.97 Å². The Morgan fingerprint density at radius 2 is 1.09 bits per heavy atom. The molecule has 6 aromatic rings. The number of aromatic nitrogens is 3. The average molecular weight is 440 g/mol. The van der Waals surface area contributed by atoms with E-state index in [0.717, 1.165) is 33.7 Å². The molecule has 0 aliphatic rings. The molecule has 0 saturated carbocycles. The molecule has 3 nitrogen and oxygen atoms in total. The quantitative estimate of drug-likeness (QED) is 0.258. The lowest BCUT2D eigenvalue weighted by atomic mass is 10.0. The Balaban J connectivity index is 0.000000145. The zero-order valence-corrected chi connectivity index (χ0v) is 19.3. The van der Waals surface area contributed by atoms with Gasteiger partial charge in [0, 0.05) is 22.5 Å². The minimum Gasteiger partial charge on any atom is -0.255 e. The normalized spacial score (nSPS) is 10.6. The highest BCUT2D eigenvalue weighted by molar-refractivity contribution is 5.96. The van der Waals surface area contributed by atoms with Gasteiger partial charge >= 0.3 is 0 Å². The van der Waals surface area contributed by atoms with Crippen molar-refractivity contribution in [2.45, 2.75) is 13.8 Å². The van der Waals surface area contributed by atoms with E-state index >= 15 is 0 Å². The second-order valence-corrected chi connectivity index (χ2v) is 8.27. The van der Waals surface area contributed by atoms with E-state index in [1.54, 1.807) is 6.20 Å². The summed E-state index contributed by atoms with van der Waals surface area (Å²) in [5, 5.41) is 2.49. The summed E-state index contributed by atoms with van der Waals surface area (Å²) in [6.07, 6.45) is 1.79. The summed E-state index contributed by atoms with van der Waals surface area (Å²) in [4.78, 5) is 13.7. The van der Waals surface area contributed by atoms with Gasteiger partial charge < -0.3 is 0 Å². The van der Waals surface area contributed by atoms with Crippen molar-refractivity contribution in [1.29, 1.82) is 0 Å². The molecule has 0 atom stereocenters. The molecular formula is C31H25N3. The Labute approximate surface area is 199 Å². The van der Waals surface area contributed by atoms with Crippen LogP contribution in [0.5, 0.6) is 0 Å². The van der Waals surface area contributed by atoms with Crippen LogP contribution in [0.15, 0.2) is 115 Å². The second kappa shape index (κ2) is 9.63. The van der Waals surface area contributed by atoms with Crippen LogP contribution in [0.3, 0.4) is 0 Å². The fraction of sp³-hybridized carbons (Fsp3) is 0.0645. The molecule has 3 heteroatoms. The molecule has 0 aliphatic carbocycles. The largest absolute Gasteiger partial charge is 0.255 e. The first-order valence-electron chi connectivity index (χ1n) is 11.4. The highest BCUT2D eigenvalue weighted by Crippen LogP contribution is 2.25. The molecule has 0 unspecified atom stereocenters. The Bertz CT molecular complexity index is 1450. The number of rotatable bonds is 2. The molecule has 34 heavy (non-hydrogen) atoms. The van der Waals surface area contributed by atoms with E-state index < -0.39 is 0 Å². The molecule has 6 rings (SSSR count). The Morgan fingerprint density at radius 1 is 0.500 bits per heavy atom. The van der Waals surface area contributed by atoms with Crippen molar-refractivity contribution in [2.24, 2.45) is 0 Å². The van der Waals surface area contributed by atoms with E-state index in [2.05, 4.69) is 84.5 Å². The third-order valence-corrected chi connectivity index (χ3v) is 5.82. The van der Waals surface area contributed by atoms with Crippen LogP contribution >= 0.6 is 0 Å². The highest BCUT2D eigenvalue weighted by Gasteiger charge is 2.06. The smallest absolute Gasteiger partial charge is 0.0896 e. The lowest BCUT2D eigenvalue weighted by molar-refractivity contribution is 1.23. The maximum Gasteiger partial charge on any atom is 0.0896 e. The topological polar surface area (TPSA) is 38.7 Å². The van der Waals surface area contributed by atoms with Gasteiger partial charge in [0.2, 0.25) is 0 Å². The van der Waals surface area contributed by atoms with Crippen LogP contribution in [-0.4, -0.2) is 15.0 Å². The molecule has 0 N–H and O–H groups in total. The Morgan fingerprint density at radius 3 is 1.74 bits per heavy atom. The van der Waals surface area contributed by atoms with Crippen LogP contribution in [0.4, 0.5) is 0 Å². The van der Waals surface area contributed by atoms with Crippen LogP contribution in [-0.2, 0) is 0 Å². The molecule has 3 heterocycles. The molecule has 3 aromatic carbocycles. The van der Waals surface area contributed by atoms with E-state index in [-0.39, 0.29) is 0 Å². The van der Waals surface area contributed by atoms with Gasteiger partial charge in [-0.2, -0.15) is 0 Å². The number of hydrogen-bond donors (Lipinski definition) is 0. The second-order valence-electron chi connectivity index (χ2n) is 8.27. The number of para-hydroxylation sites is 2. The molecule has 164 valence electrons. The predicted octanol–water partition coefficient (Wildman–Crippen LogP) is 7.82. The monoisotopic (exact) mass is 439 g/mol. The number of pyridine rings is 3. The van der Waals surface area contributed by atoms with Crippen LogP contribution in [0, 0.1) is 13.8 Å². The van der Waals surface area contributed by atoms with E-state index in [1.165, 1.54) is 21.9 Å². The maximum absolute atomic E-state index is 4.71. The molecule has 0 spiro atoms. The molecule has 0 amide bonds. The van der Waals surface area contributed by atoms with Crippen molar-refractivity contribution in [1.82, 2.24) is 15.0 Å². The maximum atomic E-state index is 4.71. The van der Waals surface area contributed by atoms with Gasteiger partial charge in [-0.3, -0.25) is 4.98 Å². The molecule has 3 aromatic heterocycles. The molecule has 0 bridgehead atoms. The van der Waals surface area contributed by atoms with Crippen LogP contribution in [0.25, 0.3) is 44.5 Å². The summed E-state index contributed by atoms with van der Waals surface area (Å²) >= 11 is 0. The van der Waals surface area contributed by atoms with Gasteiger partial charge in [-0.15, -0.1) is 0 Å². The molecule has 0 radical (unpaired) electrons. The Hall–Kier alpha value is -4.37. The number of hydrogen-bond acceptors (Lipinski definition) is 3. The standard InChI is InChI=1S/C17H14N2.C14H11N/c1-13-11-16(14-7-3-2-4-8-14)19-17(12-13)15-9-5-6-10-18-15;1-10-11-6-2-4-8-13(11)15-14-9-5-3-7-12(10)14/h2-12H,1H3;2-9H,1H3. The number of benzene rings is 3. The molecule has 0 aliphatic heterocycles. The summed E-state index contributed by atoms with van der Waals surface area (Å²) in [7, 11) is 0. The molecule has 0 saturated heterocycles. The third kappa shape index (κ3) is 4.55. The van der Waals surface area contributed by atoms with Crippen molar-refractivity contribution >= 4 is 21.8 Å². The lowest BCUT2D eigenvalue weighted by Gasteiger charge is -2.06. The molecule has 0 fully saturated rings. The van der Waals surface area contributed by atoms with Gasteiger partial charge in [0.05, 0.1) is 28.1 Å². The summed E-state index contributed by atoms with van der Waals surface area (Å²) < 4.78 is 0. The number of fused-ring (bicyclic) bond motifs is 2. The minimum atomic E-state index is 0.906. The van der Waals surface area contributed by atoms with Crippen molar-refractivity contribution < 1.29 is 0 Å². The first kappa shape index (κ1) is 21.5. The van der Waals surface area contributed by atoms with Gasteiger partial charge in [-0.1, -0.05) is 72.8 Å². The SMILES string of the molecule is Cc1c2ccccc2nc2ccccc12.Cc1cc(-c2ccccc2)nc(-c2ccccn2)c1. The van der Waals surface area contributed by atoms with Crippen molar-refractivity contribution in [3.05, 3.63) is 127 Å². The molecular weight excluding hydrogens is 414 g/mol. The Kier molecular flexibility index (Phi) is 6.09. The van der Waals surface area contributed by atoms with Gasteiger partial charge in [-0.05, 0) is 61.4 Å². The van der Waals surface area contributed by atoms with Crippen molar-refractivity contribution in [3.8, 4) is 22.6 Å². The average Bonchev–Trinajstić information content (AvgIpc) is 2.90. The van der Waals surface area contributed by atoms with Gasteiger partial charge in [0.1, 0.15) is 0 Å². The fourth-order valence-electron chi connectivity index (χ4n) is 4.12. The van der Waals surface area contributed by atoms with E-state index in [4.69, 9.17) is 4.98 Å². The summed E-state index contributed by atoms with van der Waals surface area (Å²) in [6.45, 7) is 4.24. The summed E-state index contributed by atoms with van der Waals surface area (Å²) in [6, 6.07) is 36.8. The van der Waals surface area contributed by atoms with Crippen molar-refractivity contribution in [3.63, 3.8) is 0 Å². The van der Waals surface area contributed by atoms with Crippen molar-refractivity contribution in [2.75, 3.05) is 0 Å². The first-order valence-corrected chi connectivity index (χ1v) is 11.4. The van der Waals surface area contributed by atoms with E-state index in [1.807, 2.05) is 48.5 Å². The zero-order chi connectivity index (χ0) is 23.3. The van der Waals surface area contributed by atoms with Crippen LogP contribution in [0.1, 0.15) is 11.1 Å². The van der Waals surface area contributed by atoms with Crippen LogP contribution in [0.2, 0.25) is 0 Å². The van der Waals surface area contributed by atoms with Gasteiger partial charge in [0.25, 0.3) is 0 Å². The summed E-state index contributed by atoms with van der Waals surface area (Å²) in [5.41, 5.74) is 8.60. The minimum absolute atomic E-state index is 0.906. The first-order chi connectivity index (χ1) is 16.7.